The summed E-state index contributed by atoms with van der Waals surface area (Å²) in [5.74, 6) is 0.504. The Morgan fingerprint density at radius 1 is 1.24 bits per heavy atom. The lowest BCUT2D eigenvalue weighted by molar-refractivity contribution is 0.249. The normalized spacial score (nSPS) is 15.5. The van der Waals surface area contributed by atoms with Crippen LogP contribution >= 0.6 is 0 Å². The van der Waals surface area contributed by atoms with Crippen molar-refractivity contribution in [2.24, 2.45) is 0 Å². The van der Waals surface area contributed by atoms with Gasteiger partial charge in [-0.3, -0.25) is 15.1 Å². The van der Waals surface area contributed by atoms with Crippen LogP contribution in [0.1, 0.15) is 18.5 Å². The Kier molecular flexibility index (Phi) is 5.07. The van der Waals surface area contributed by atoms with E-state index in [9.17, 15) is 13.2 Å². The molecule has 1 saturated heterocycles. The molecule has 1 aliphatic heterocycles. The fourth-order valence-electron chi connectivity index (χ4n) is 2.93. The second-order valence-corrected chi connectivity index (χ2v) is 8.81. The number of rotatable bonds is 6. The minimum atomic E-state index is -3.51. The third-order valence-corrected chi connectivity index (χ3v) is 6.45. The molecule has 11 heteroatoms. The number of hydrogen-bond donors (Lipinski definition) is 5. The van der Waals surface area contributed by atoms with Crippen LogP contribution in [0.2, 0.25) is 0 Å². The number of urea groups is 1. The molecule has 0 saturated carbocycles. The number of sulfonamides is 1. The largest absolute Gasteiger partial charge is 0.331 e. The van der Waals surface area contributed by atoms with E-state index < -0.39 is 21.3 Å². The summed E-state index contributed by atoms with van der Waals surface area (Å²) in [6.45, 7) is 2.72. The zero-order chi connectivity index (χ0) is 20.4. The van der Waals surface area contributed by atoms with Gasteiger partial charge in [-0.1, -0.05) is 30.3 Å². The highest BCUT2D eigenvalue weighted by molar-refractivity contribution is 7.93. The molecular weight excluding hydrogens is 394 g/mol. The Bertz CT molecular complexity index is 1130. The quantitative estimate of drug-likeness (QED) is 0.414. The molecule has 1 unspecified atom stereocenters. The Morgan fingerprint density at radius 3 is 2.69 bits per heavy atom. The van der Waals surface area contributed by atoms with E-state index in [-0.39, 0.29) is 11.9 Å². The van der Waals surface area contributed by atoms with Crippen molar-refractivity contribution in [3.05, 3.63) is 48.2 Å². The van der Waals surface area contributed by atoms with Crippen LogP contribution in [0.4, 0.5) is 16.4 Å². The zero-order valence-electron chi connectivity index (χ0n) is 15.6. The van der Waals surface area contributed by atoms with Gasteiger partial charge in [0.2, 0.25) is 10.0 Å². The third-order valence-electron chi connectivity index (χ3n) is 4.76. The molecule has 29 heavy (non-hydrogen) atoms. The SMILES string of the molecule is CC(NC(=O)Nc1cc2[nH]nc(NS(=O)(=O)C3CNC3)c2cn1)c1ccccc1. The molecule has 3 heterocycles. The topological polar surface area (TPSA) is 141 Å². The molecule has 1 atom stereocenters. The number of anilines is 2. The van der Waals surface area contributed by atoms with Crippen LogP contribution in [-0.4, -0.2) is 48.0 Å². The summed E-state index contributed by atoms with van der Waals surface area (Å²) in [7, 11) is -3.51. The van der Waals surface area contributed by atoms with Crippen molar-refractivity contribution in [3.8, 4) is 0 Å². The van der Waals surface area contributed by atoms with Gasteiger partial charge in [-0.15, -0.1) is 0 Å². The molecule has 1 aliphatic rings. The highest BCUT2D eigenvalue weighted by Gasteiger charge is 2.32. The molecule has 0 aliphatic carbocycles. The Morgan fingerprint density at radius 2 is 2.00 bits per heavy atom. The molecule has 5 N–H and O–H groups in total. The number of pyridine rings is 1. The van der Waals surface area contributed by atoms with Crippen LogP contribution in [0.5, 0.6) is 0 Å². The van der Waals surface area contributed by atoms with E-state index in [2.05, 4.69) is 35.9 Å². The standard InChI is InChI=1S/C18H21N7O3S/c1-11(12-5-3-2-4-6-12)21-18(26)22-16-7-15-14(10-20-16)17(24-23-15)25-29(27,28)13-8-19-9-13/h2-7,10-11,13,19H,8-9H2,1H3,(H2,23,24,25)(H2,20,21,22,26). The van der Waals surface area contributed by atoms with Crippen molar-refractivity contribution in [2.75, 3.05) is 23.1 Å². The Balaban J connectivity index is 1.43. The van der Waals surface area contributed by atoms with E-state index >= 15 is 0 Å². The van der Waals surface area contributed by atoms with Crippen LogP contribution in [-0.2, 0) is 10.0 Å². The van der Waals surface area contributed by atoms with E-state index in [0.717, 1.165) is 5.56 Å². The molecule has 4 rings (SSSR count). The maximum atomic E-state index is 12.3. The molecule has 2 aromatic heterocycles. The van der Waals surface area contributed by atoms with Crippen molar-refractivity contribution in [1.29, 1.82) is 0 Å². The number of fused-ring (bicyclic) bond motifs is 1. The molecule has 0 spiro atoms. The van der Waals surface area contributed by atoms with Crippen molar-refractivity contribution in [3.63, 3.8) is 0 Å². The minimum absolute atomic E-state index is 0.172. The van der Waals surface area contributed by atoms with Gasteiger partial charge in [-0.2, -0.15) is 5.10 Å². The molecule has 1 aromatic carbocycles. The van der Waals surface area contributed by atoms with Gasteiger partial charge < -0.3 is 10.6 Å². The van der Waals surface area contributed by atoms with Gasteiger partial charge in [0, 0.05) is 25.4 Å². The predicted molar refractivity (Wildman–Crippen MR) is 110 cm³/mol. The van der Waals surface area contributed by atoms with Crippen LogP contribution in [0.25, 0.3) is 10.9 Å². The molecule has 2 amide bonds. The first kappa shape index (κ1) is 19.2. The van der Waals surface area contributed by atoms with Gasteiger partial charge >= 0.3 is 6.03 Å². The smallest absolute Gasteiger partial charge is 0.320 e. The summed E-state index contributed by atoms with van der Waals surface area (Å²) in [5.41, 5.74) is 1.54. The van der Waals surface area contributed by atoms with E-state index in [1.807, 2.05) is 37.3 Å². The highest BCUT2D eigenvalue weighted by atomic mass is 32.2. The average molecular weight is 415 g/mol. The first-order chi connectivity index (χ1) is 13.9. The van der Waals surface area contributed by atoms with Gasteiger partial charge in [-0.25, -0.2) is 18.2 Å². The number of nitrogens with one attached hydrogen (secondary N) is 5. The number of hydrogen-bond acceptors (Lipinski definition) is 6. The summed E-state index contributed by atoms with van der Waals surface area (Å²) in [6, 6.07) is 10.6. The summed E-state index contributed by atoms with van der Waals surface area (Å²) in [4.78, 5) is 16.4. The second kappa shape index (κ2) is 7.68. The van der Waals surface area contributed by atoms with Gasteiger partial charge in [0.1, 0.15) is 11.1 Å². The van der Waals surface area contributed by atoms with Crippen LogP contribution < -0.4 is 20.7 Å². The van der Waals surface area contributed by atoms with Crippen LogP contribution in [0.3, 0.4) is 0 Å². The molecule has 1 fully saturated rings. The van der Waals surface area contributed by atoms with E-state index in [1.54, 1.807) is 6.07 Å². The van der Waals surface area contributed by atoms with Gasteiger partial charge in [0.25, 0.3) is 0 Å². The number of benzene rings is 1. The lowest BCUT2D eigenvalue weighted by Gasteiger charge is -2.26. The van der Waals surface area contributed by atoms with Crippen molar-refractivity contribution < 1.29 is 13.2 Å². The number of amides is 2. The summed E-state index contributed by atoms with van der Waals surface area (Å²) in [6.07, 6.45) is 1.46. The number of H-pyrrole nitrogens is 1. The highest BCUT2D eigenvalue weighted by Crippen LogP contribution is 2.24. The first-order valence-electron chi connectivity index (χ1n) is 9.11. The number of carbonyl (C=O) groups is 1. The molecule has 0 radical (unpaired) electrons. The molecular formula is C18H21N7O3S. The van der Waals surface area contributed by atoms with E-state index in [1.165, 1.54) is 6.20 Å². The fourth-order valence-corrected chi connectivity index (χ4v) is 4.20. The van der Waals surface area contributed by atoms with Gasteiger partial charge in [0.05, 0.1) is 16.9 Å². The first-order valence-corrected chi connectivity index (χ1v) is 10.7. The average Bonchev–Trinajstić information content (AvgIpc) is 3.01. The van der Waals surface area contributed by atoms with E-state index in [4.69, 9.17) is 0 Å². The number of aromatic amines is 1. The second-order valence-electron chi connectivity index (χ2n) is 6.85. The van der Waals surface area contributed by atoms with Crippen molar-refractivity contribution >= 4 is 38.6 Å². The predicted octanol–water partition coefficient (Wildman–Crippen LogP) is 1.55. The van der Waals surface area contributed by atoms with Crippen molar-refractivity contribution in [1.82, 2.24) is 25.8 Å². The Labute approximate surface area is 167 Å². The van der Waals surface area contributed by atoms with Gasteiger partial charge in [-0.05, 0) is 12.5 Å². The Hall–Kier alpha value is -3.18. The van der Waals surface area contributed by atoms with Crippen molar-refractivity contribution in [2.45, 2.75) is 18.2 Å². The van der Waals surface area contributed by atoms with Crippen LogP contribution in [0.15, 0.2) is 42.6 Å². The van der Waals surface area contributed by atoms with Gasteiger partial charge in [0.15, 0.2) is 5.82 Å². The van der Waals surface area contributed by atoms with E-state index in [0.29, 0.717) is 29.8 Å². The zero-order valence-corrected chi connectivity index (χ0v) is 16.5. The lowest BCUT2D eigenvalue weighted by Crippen LogP contribution is -2.53. The molecule has 10 nitrogen and oxygen atoms in total. The monoisotopic (exact) mass is 415 g/mol. The maximum Gasteiger partial charge on any atom is 0.320 e. The fraction of sp³-hybridized carbons (Fsp3) is 0.278. The molecule has 0 bridgehead atoms. The maximum absolute atomic E-state index is 12.3. The summed E-state index contributed by atoms with van der Waals surface area (Å²) >= 11 is 0. The molecule has 3 aromatic rings. The molecule has 152 valence electrons. The van der Waals surface area contributed by atoms with Crippen LogP contribution in [0, 0.1) is 0 Å². The summed E-state index contributed by atoms with van der Waals surface area (Å²) in [5, 5.41) is 15.3. The summed E-state index contributed by atoms with van der Waals surface area (Å²) < 4.78 is 27.0. The number of nitrogens with zero attached hydrogens (tertiary/aromatic N) is 2. The number of carbonyl (C=O) groups excluding carboxylic acids is 1. The minimum Gasteiger partial charge on any atom is -0.331 e. The number of aromatic nitrogens is 3. The lowest BCUT2D eigenvalue weighted by atomic mass is 10.1. The third kappa shape index (κ3) is 4.15.